The van der Waals surface area contributed by atoms with Crippen LogP contribution < -0.4 is 4.90 Å². The van der Waals surface area contributed by atoms with E-state index in [0.717, 1.165) is 64.3 Å². The fourth-order valence-corrected chi connectivity index (χ4v) is 4.81. The van der Waals surface area contributed by atoms with Crippen LogP contribution in [0.5, 0.6) is 0 Å². The summed E-state index contributed by atoms with van der Waals surface area (Å²) in [7, 11) is 0. The number of hydrogen-bond acceptors (Lipinski definition) is 4. The molecule has 6 nitrogen and oxygen atoms in total. The molecule has 0 aliphatic carbocycles. The van der Waals surface area contributed by atoms with E-state index in [-0.39, 0.29) is 5.91 Å². The van der Waals surface area contributed by atoms with Crippen molar-refractivity contribution in [2.75, 3.05) is 44.2 Å². The van der Waals surface area contributed by atoms with E-state index in [0.29, 0.717) is 29.7 Å². The van der Waals surface area contributed by atoms with Crippen LogP contribution in [0.25, 0.3) is 0 Å². The number of carbonyl (C=O) groups excluding carboxylic acids is 2. The number of carbonyl (C=O) groups is 2. The van der Waals surface area contributed by atoms with Gasteiger partial charge in [-0.15, -0.1) is 0 Å². The van der Waals surface area contributed by atoms with E-state index >= 15 is 0 Å². The molecule has 0 radical (unpaired) electrons. The van der Waals surface area contributed by atoms with Crippen LogP contribution in [-0.2, 0) is 4.79 Å². The van der Waals surface area contributed by atoms with Crippen LogP contribution in [0, 0.1) is 11.8 Å². The number of pyridine rings is 1. The van der Waals surface area contributed by atoms with Gasteiger partial charge in [0.1, 0.15) is 5.82 Å². The molecule has 3 saturated heterocycles. The third-order valence-electron chi connectivity index (χ3n) is 6.53. The van der Waals surface area contributed by atoms with Crippen molar-refractivity contribution in [3.05, 3.63) is 23.9 Å². The molecule has 3 aliphatic heterocycles. The van der Waals surface area contributed by atoms with Crippen molar-refractivity contribution in [3.63, 3.8) is 0 Å². The highest BCUT2D eigenvalue weighted by Gasteiger charge is 2.28. The van der Waals surface area contributed by atoms with Gasteiger partial charge >= 0.3 is 0 Å². The molecule has 28 heavy (non-hydrogen) atoms. The molecule has 0 bridgehead atoms. The van der Waals surface area contributed by atoms with Crippen molar-refractivity contribution in [3.8, 4) is 0 Å². The van der Waals surface area contributed by atoms with E-state index in [4.69, 9.17) is 0 Å². The Morgan fingerprint density at radius 2 is 1.93 bits per heavy atom. The average Bonchev–Trinajstić information content (AvgIpc) is 3.13. The third kappa shape index (κ3) is 4.31. The largest absolute Gasteiger partial charge is 0.356 e. The summed E-state index contributed by atoms with van der Waals surface area (Å²) in [6.07, 6.45) is 7.90. The molecule has 0 saturated carbocycles. The second-order valence-corrected chi connectivity index (χ2v) is 8.78. The van der Waals surface area contributed by atoms with Crippen molar-refractivity contribution in [2.24, 2.45) is 11.8 Å². The summed E-state index contributed by atoms with van der Waals surface area (Å²) in [5.41, 5.74) is 0.682. The summed E-state index contributed by atoms with van der Waals surface area (Å²) < 4.78 is 0. The molecular weight excluding hydrogens is 352 g/mol. The van der Waals surface area contributed by atoms with Crippen LogP contribution in [0.2, 0.25) is 0 Å². The smallest absolute Gasteiger partial charge is 0.255 e. The van der Waals surface area contributed by atoms with E-state index in [2.05, 4.69) is 16.8 Å². The van der Waals surface area contributed by atoms with E-state index < -0.39 is 0 Å². The lowest BCUT2D eigenvalue weighted by Crippen LogP contribution is -2.42. The predicted molar refractivity (Wildman–Crippen MR) is 109 cm³/mol. The fourth-order valence-electron chi connectivity index (χ4n) is 4.81. The Labute approximate surface area is 167 Å². The molecule has 1 atom stereocenters. The van der Waals surface area contributed by atoms with E-state index in [1.54, 1.807) is 6.20 Å². The van der Waals surface area contributed by atoms with Crippen LogP contribution in [0.3, 0.4) is 0 Å². The Hall–Kier alpha value is -2.11. The number of aromatic nitrogens is 1. The standard InChI is InChI=1S/C22H32N4O2/c1-17-4-2-10-25(15-17)20-7-6-19(14-23-20)22(28)24-12-8-18(9-13-24)16-26-11-3-5-21(26)27/h6-7,14,17-18H,2-5,8-13,15-16H2,1H3/t17-/m1/s1. The van der Waals surface area contributed by atoms with Crippen LogP contribution in [-0.4, -0.2) is 65.9 Å². The van der Waals surface area contributed by atoms with Crippen LogP contribution in [0.4, 0.5) is 5.82 Å². The molecule has 0 unspecified atom stereocenters. The number of hydrogen-bond donors (Lipinski definition) is 0. The zero-order valence-corrected chi connectivity index (χ0v) is 17.0. The second-order valence-electron chi connectivity index (χ2n) is 8.78. The normalized spacial score (nSPS) is 24.1. The first-order chi connectivity index (χ1) is 13.6. The molecular formula is C22H32N4O2. The zero-order chi connectivity index (χ0) is 19.5. The molecule has 0 N–H and O–H groups in total. The first kappa shape index (κ1) is 19.2. The van der Waals surface area contributed by atoms with Crippen LogP contribution in [0.1, 0.15) is 55.8 Å². The van der Waals surface area contributed by atoms with Gasteiger partial charge in [0.25, 0.3) is 5.91 Å². The molecule has 1 aromatic rings. The molecule has 4 rings (SSSR count). The van der Waals surface area contributed by atoms with Gasteiger partial charge < -0.3 is 14.7 Å². The van der Waals surface area contributed by atoms with E-state index in [1.165, 1.54) is 12.8 Å². The molecule has 3 aliphatic rings. The monoisotopic (exact) mass is 384 g/mol. The summed E-state index contributed by atoms with van der Waals surface area (Å²) >= 11 is 0. The fraction of sp³-hybridized carbons (Fsp3) is 0.682. The summed E-state index contributed by atoms with van der Waals surface area (Å²) in [6, 6.07) is 3.93. The maximum atomic E-state index is 12.9. The Balaban J connectivity index is 1.29. The van der Waals surface area contributed by atoms with E-state index in [1.807, 2.05) is 21.9 Å². The Morgan fingerprint density at radius 1 is 1.11 bits per heavy atom. The SMILES string of the molecule is C[C@@H]1CCCN(c2ccc(C(=O)N3CCC(CN4CCCC4=O)CC3)cn2)C1. The van der Waals surface area contributed by atoms with Gasteiger partial charge in [-0.1, -0.05) is 6.92 Å². The van der Waals surface area contributed by atoms with Gasteiger partial charge in [-0.3, -0.25) is 9.59 Å². The van der Waals surface area contributed by atoms with Gasteiger partial charge in [0.15, 0.2) is 0 Å². The Kier molecular flexibility index (Phi) is 5.83. The maximum Gasteiger partial charge on any atom is 0.255 e. The number of piperidine rings is 2. The van der Waals surface area contributed by atoms with Crippen LogP contribution in [0.15, 0.2) is 18.3 Å². The molecule has 2 amide bonds. The first-order valence-corrected chi connectivity index (χ1v) is 10.9. The first-order valence-electron chi connectivity index (χ1n) is 10.9. The molecule has 0 aromatic carbocycles. The number of likely N-dealkylation sites (tertiary alicyclic amines) is 2. The minimum atomic E-state index is 0.0850. The summed E-state index contributed by atoms with van der Waals surface area (Å²) in [6.45, 7) is 7.71. The highest BCUT2D eigenvalue weighted by Crippen LogP contribution is 2.24. The number of rotatable bonds is 4. The van der Waals surface area contributed by atoms with Crippen molar-refractivity contribution >= 4 is 17.6 Å². The summed E-state index contributed by atoms with van der Waals surface area (Å²) in [5.74, 6) is 2.59. The maximum absolute atomic E-state index is 12.9. The minimum Gasteiger partial charge on any atom is -0.356 e. The van der Waals surface area contributed by atoms with Gasteiger partial charge in [0.05, 0.1) is 5.56 Å². The molecule has 4 heterocycles. The lowest BCUT2D eigenvalue weighted by atomic mass is 9.96. The molecule has 1 aromatic heterocycles. The van der Waals surface area contributed by atoms with Crippen molar-refractivity contribution in [1.82, 2.24) is 14.8 Å². The van der Waals surface area contributed by atoms with Gasteiger partial charge in [0, 0.05) is 51.9 Å². The number of anilines is 1. The lowest BCUT2D eigenvalue weighted by molar-refractivity contribution is -0.128. The average molecular weight is 385 g/mol. The summed E-state index contributed by atoms with van der Waals surface area (Å²) in [4.78, 5) is 35.5. The van der Waals surface area contributed by atoms with Gasteiger partial charge in [-0.2, -0.15) is 0 Å². The Morgan fingerprint density at radius 3 is 2.57 bits per heavy atom. The lowest BCUT2D eigenvalue weighted by Gasteiger charge is -2.34. The Bertz CT molecular complexity index is 697. The molecule has 152 valence electrons. The minimum absolute atomic E-state index is 0.0850. The van der Waals surface area contributed by atoms with E-state index in [9.17, 15) is 9.59 Å². The van der Waals surface area contributed by atoms with Gasteiger partial charge in [-0.25, -0.2) is 4.98 Å². The van der Waals surface area contributed by atoms with Crippen molar-refractivity contribution in [2.45, 2.75) is 45.4 Å². The van der Waals surface area contributed by atoms with Gasteiger partial charge in [-0.05, 0) is 56.1 Å². The van der Waals surface area contributed by atoms with Crippen molar-refractivity contribution in [1.29, 1.82) is 0 Å². The predicted octanol–water partition coefficient (Wildman–Crippen LogP) is 2.79. The molecule has 6 heteroatoms. The summed E-state index contributed by atoms with van der Waals surface area (Å²) in [5, 5.41) is 0. The second kappa shape index (κ2) is 8.50. The van der Waals surface area contributed by atoms with Crippen LogP contribution >= 0.6 is 0 Å². The number of amides is 2. The molecule has 0 spiro atoms. The third-order valence-corrected chi connectivity index (χ3v) is 6.53. The van der Waals surface area contributed by atoms with Crippen molar-refractivity contribution < 1.29 is 9.59 Å². The highest BCUT2D eigenvalue weighted by molar-refractivity contribution is 5.94. The molecule has 3 fully saturated rings. The highest BCUT2D eigenvalue weighted by atomic mass is 16.2. The quantitative estimate of drug-likeness (QED) is 0.801. The zero-order valence-electron chi connectivity index (χ0n) is 17.0. The number of nitrogens with zero attached hydrogens (tertiary/aromatic N) is 4. The topological polar surface area (TPSA) is 56.8 Å². The van der Waals surface area contributed by atoms with Gasteiger partial charge in [0.2, 0.25) is 5.91 Å².